The lowest BCUT2D eigenvalue weighted by Crippen LogP contribution is -2.13. The first kappa shape index (κ1) is 13.0. The molecule has 0 aliphatic rings. The lowest BCUT2D eigenvalue weighted by Gasteiger charge is -1.99. The van der Waals surface area contributed by atoms with Gasteiger partial charge >= 0.3 is 6.01 Å². The molecule has 2 rings (SSSR count). The van der Waals surface area contributed by atoms with Crippen LogP contribution in [0.3, 0.4) is 0 Å². The number of nitrogens with one attached hydrogen (secondary N) is 2. The molecule has 0 amide bonds. The maximum Gasteiger partial charge on any atom is 0.315 e. The highest BCUT2D eigenvalue weighted by atomic mass is 32.1. The third-order valence-electron chi connectivity index (χ3n) is 2.44. The standard InChI is InChI=1S/C12H18N4OS/c1-2-5-13-8-11-15-16-12(17-11)14-6-3-10-4-7-18-9-10/h4,7,9,13H,2-3,5-6,8H2,1H3,(H,14,16). The number of anilines is 1. The maximum absolute atomic E-state index is 5.46. The van der Waals surface area contributed by atoms with Crippen LogP contribution < -0.4 is 10.6 Å². The highest BCUT2D eigenvalue weighted by Gasteiger charge is 2.04. The fourth-order valence-corrected chi connectivity index (χ4v) is 2.22. The molecule has 0 aliphatic heterocycles. The highest BCUT2D eigenvalue weighted by Crippen LogP contribution is 2.08. The predicted molar refractivity (Wildman–Crippen MR) is 72.8 cm³/mol. The summed E-state index contributed by atoms with van der Waals surface area (Å²) in [6.45, 7) is 4.52. The van der Waals surface area contributed by atoms with Crippen LogP contribution in [0.1, 0.15) is 24.8 Å². The summed E-state index contributed by atoms with van der Waals surface area (Å²) in [6.07, 6.45) is 2.06. The average Bonchev–Trinajstić information content (AvgIpc) is 3.01. The lowest BCUT2D eigenvalue weighted by molar-refractivity contribution is 0.477. The fourth-order valence-electron chi connectivity index (χ4n) is 1.52. The van der Waals surface area contributed by atoms with Crippen molar-refractivity contribution in [2.45, 2.75) is 26.3 Å². The second-order valence-electron chi connectivity index (χ2n) is 3.99. The molecular weight excluding hydrogens is 248 g/mol. The summed E-state index contributed by atoms with van der Waals surface area (Å²) in [4.78, 5) is 0. The van der Waals surface area contributed by atoms with Crippen molar-refractivity contribution in [2.75, 3.05) is 18.4 Å². The van der Waals surface area contributed by atoms with Crippen LogP contribution in [0.15, 0.2) is 21.2 Å². The Balaban J connectivity index is 1.69. The summed E-state index contributed by atoms with van der Waals surface area (Å²) in [7, 11) is 0. The van der Waals surface area contributed by atoms with Gasteiger partial charge in [0.15, 0.2) is 0 Å². The van der Waals surface area contributed by atoms with Crippen molar-refractivity contribution in [3.8, 4) is 0 Å². The normalized spacial score (nSPS) is 10.7. The monoisotopic (exact) mass is 266 g/mol. The quantitative estimate of drug-likeness (QED) is 0.718. The molecule has 0 aromatic carbocycles. The van der Waals surface area contributed by atoms with Crippen molar-refractivity contribution < 1.29 is 4.42 Å². The van der Waals surface area contributed by atoms with Gasteiger partial charge in [-0.2, -0.15) is 11.3 Å². The van der Waals surface area contributed by atoms with Crippen LogP contribution in [0.25, 0.3) is 0 Å². The van der Waals surface area contributed by atoms with E-state index in [1.54, 1.807) is 11.3 Å². The van der Waals surface area contributed by atoms with Gasteiger partial charge in [-0.05, 0) is 41.8 Å². The van der Waals surface area contributed by atoms with Crippen molar-refractivity contribution >= 4 is 17.4 Å². The molecule has 2 aromatic rings. The zero-order valence-corrected chi connectivity index (χ0v) is 11.3. The first-order chi connectivity index (χ1) is 8.88. The third kappa shape index (κ3) is 4.12. The number of aromatic nitrogens is 2. The third-order valence-corrected chi connectivity index (χ3v) is 3.17. The predicted octanol–water partition coefficient (Wildman–Crippen LogP) is 2.29. The van der Waals surface area contributed by atoms with Gasteiger partial charge in [0.2, 0.25) is 5.89 Å². The van der Waals surface area contributed by atoms with Crippen molar-refractivity contribution in [3.05, 3.63) is 28.3 Å². The molecule has 5 nitrogen and oxygen atoms in total. The zero-order chi connectivity index (χ0) is 12.6. The van der Waals surface area contributed by atoms with E-state index in [1.165, 1.54) is 5.56 Å². The summed E-state index contributed by atoms with van der Waals surface area (Å²) in [5, 5.41) is 18.5. The SMILES string of the molecule is CCCNCc1nnc(NCCc2ccsc2)o1. The second kappa shape index (κ2) is 7.13. The van der Waals surface area contributed by atoms with Crippen molar-refractivity contribution in [1.82, 2.24) is 15.5 Å². The van der Waals surface area contributed by atoms with Gasteiger partial charge in [-0.3, -0.25) is 0 Å². The molecule has 0 unspecified atom stereocenters. The highest BCUT2D eigenvalue weighted by molar-refractivity contribution is 7.07. The number of thiophene rings is 1. The van der Waals surface area contributed by atoms with E-state index in [2.05, 4.69) is 44.6 Å². The number of nitrogens with zero attached hydrogens (tertiary/aromatic N) is 2. The van der Waals surface area contributed by atoms with E-state index in [9.17, 15) is 0 Å². The van der Waals surface area contributed by atoms with Gasteiger partial charge in [-0.1, -0.05) is 12.0 Å². The summed E-state index contributed by atoms with van der Waals surface area (Å²) >= 11 is 1.71. The molecule has 0 fully saturated rings. The van der Waals surface area contributed by atoms with Gasteiger partial charge < -0.3 is 15.1 Å². The molecule has 0 aliphatic carbocycles. The average molecular weight is 266 g/mol. The van der Waals surface area contributed by atoms with Crippen LogP contribution in [0, 0.1) is 0 Å². The Labute approximate surface area is 111 Å². The summed E-state index contributed by atoms with van der Waals surface area (Å²) < 4.78 is 5.46. The Kier molecular flexibility index (Phi) is 5.16. The maximum atomic E-state index is 5.46. The topological polar surface area (TPSA) is 63.0 Å². The molecule has 0 atom stereocenters. The largest absolute Gasteiger partial charge is 0.407 e. The molecule has 2 heterocycles. The van der Waals surface area contributed by atoms with Crippen LogP contribution in [-0.4, -0.2) is 23.3 Å². The number of rotatable bonds is 8. The van der Waals surface area contributed by atoms with E-state index in [0.717, 1.165) is 25.9 Å². The van der Waals surface area contributed by atoms with E-state index in [4.69, 9.17) is 4.42 Å². The fraction of sp³-hybridized carbons (Fsp3) is 0.500. The Morgan fingerprint density at radius 1 is 1.33 bits per heavy atom. The molecule has 0 saturated heterocycles. The summed E-state index contributed by atoms with van der Waals surface area (Å²) in [5.74, 6) is 0.626. The first-order valence-electron chi connectivity index (χ1n) is 6.16. The molecule has 18 heavy (non-hydrogen) atoms. The van der Waals surface area contributed by atoms with E-state index in [1.807, 2.05) is 0 Å². The van der Waals surface area contributed by atoms with Crippen LogP contribution >= 0.6 is 11.3 Å². The molecule has 0 bridgehead atoms. The van der Waals surface area contributed by atoms with Gasteiger partial charge in [-0.25, -0.2) is 0 Å². The molecular formula is C12H18N4OS. The van der Waals surface area contributed by atoms with Crippen LogP contribution in [0.5, 0.6) is 0 Å². The van der Waals surface area contributed by atoms with E-state index >= 15 is 0 Å². The van der Waals surface area contributed by atoms with Crippen LogP contribution in [-0.2, 0) is 13.0 Å². The molecule has 2 N–H and O–H groups in total. The van der Waals surface area contributed by atoms with E-state index in [-0.39, 0.29) is 0 Å². The number of hydrogen-bond donors (Lipinski definition) is 2. The van der Waals surface area contributed by atoms with Crippen molar-refractivity contribution in [2.24, 2.45) is 0 Å². The van der Waals surface area contributed by atoms with Gasteiger partial charge in [-0.15, -0.1) is 5.10 Å². The van der Waals surface area contributed by atoms with Gasteiger partial charge in [0.25, 0.3) is 0 Å². The molecule has 6 heteroatoms. The minimum absolute atomic E-state index is 0.499. The molecule has 0 saturated carbocycles. The second-order valence-corrected chi connectivity index (χ2v) is 4.77. The first-order valence-corrected chi connectivity index (χ1v) is 7.11. The van der Waals surface area contributed by atoms with Gasteiger partial charge in [0.1, 0.15) is 0 Å². The molecule has 0 spiro atoms. The Bertz CT molecular complexity index is 441. The number of hydrogen-bond acceptors (Lipinski definition) is 6. The van der Waals surface area contributed by atoms with Crippen LogP contribution in [0.4, 0.5) is 6.01 Å². The van der Waals surface area contributed by atoms with Crippen molar-refractivity contribution in [3.63, 3.8) is 0 Å². The summed E-state index contributed by atoms with van der Waals surface area (Å²) in [6, 6.07) is 2.62. The summed E-state index contributed by atoms with van der Waals surface area (Å²) in [5.41, 5.74) is 1.33. The van der Waals surface area contributed by atoms with Gasteiger partial charge in [0.05, 0.1) is 6.54 Å². The minimum Gasteiger partial charge on any atom is -0.407 e. The van der Waals surface area contributed by atoms with Crippen LogP contribution in [0.2, 0.25) is 0 Å². The molecule has 0 radical (unpaired) electrons. The minimum atomic E-state index is 0.499. The Morgan fingerprint density at radius 2 is 2.28 bits per heavy atom. The zero-order valence-electron chi connectivity index (χ0n) is 10.5. The Hall–Kier alpha value is -1.40. The smallest absolute Gasteiger partial charge is 0.315 e. The molecule has 2 aromatic heterocycles. The van der Waals surface area contributed by atoms with Crippen molar-refractivity contribution in [1.29, 1.82) is 0 Å². The van der Waals surface area contributed by atoms with E-state index < -0.39 is 0 Å². The van der Waals surface area contributed by atoms with E-state index in [0.29, 0.717) is 18.5 Å². The Morgan fingerprint density at radius 3 is 3.06 bits per heavy atom. The molecule has 98 valence electrons. The lowest BCUT2D eigenvalue weighted by atomic mass is 10.2. The van der Waals surface area contributed by atoms with Gasteiger partial charge in [0, 0.05) is 6.54 Å².